The van der Waals surface area contributed by atoms with E-state index in [1.807, 2.05) is 25.1 Å². The Labute approximate surface area is 171 Å². The Morgan fingerprint density at radius 1 is 1.31 bits per heavy atom. The second-order valence-electron chi connectivity index (χ2n) is 8.22. The molecule has 1 fully saturated rings. The number of esters is 1. The highest BCUT2D eigenvalue weighted by Gasteiger charge is 2.41. The molecule has 2 aliphatic heterocycles. The first-order chi connectivity index (χ1) is 13.7. The van der Waals surface area contributed by atoms with Crippen LogP contribution >= 0.6 is 0 Å². The number of carbonyl (C=O) groups excluding carboxylic acids is 3. The zero-order chi connectivity index (χ0) is 21.2. The van der Waals surface area contributed by atoms with E-state index in [1.54, 1.807) is 30.6 Å². The number of carbonyl (C=O) groups is 3. The van der Waals surface area contributed by atoms with Gasteiger partial charge >= 0.3 is 5.97 Å². The minimum Gasteiger partial charge on any atom is -0.476 e. The fourth-order valence-corrected chi connectivity index (χ4v) is 3.92. The van der Waals surface area contributed by atoms with Crippen LogP contribution in [-0.2, 0) is 19.1 Å². The fraction of sp³-hybridized carbons (Fsp3) is 0.591. The van der Waals surface area contributed by atoms with Gasteiger partial charge < -0.3 is 19.3 Å². The summed E-state index contributed by atoms with van der Waals surface area (Å²) >= 11 is 0. The Hall–Kier alpha value is -2.57. The molecule has 1 saturated heterocycles. The molecule has 29 heavy (non-hydrogen) atoms. The molecule has 1 unspecified atom stereocenters. The van der Waals surface area contributed by atoms with Crippen molar-refractivity contribution in [2.45, 2.75) is 52.6 Å². The molecule has 2 heterocycles. The predicted molar refractivity (Wildman–Crippen MR) is 109 cm³/mol. The number of likely N-dealkylation sites (tertiary alicyclic amines) is 1. The van der Waals surface area contributed by atoms with Crippen molar-refractivity contribution in [3.8, 4) is 5.75 Å². The summed E-state index contributed by atoms with van der Waals surface area (Å²) in [4.78, 5) is 41.2. The maximum absolute atomic E-state index is 12.9. The highest BCUT2D eigenvalue weighted by Crippen LogP contribution is 2.38. The van der Waals surface area contributed by atoms with Gasteiger partial charge in [0.05, 0.1) is 18.2 Å². The van der Waals surface area contributed by atoms with E-state index in [1.165, 1.54) is 0 Å². The number of ether oxygens (including phenoxy) is 2. The molecule has 0 saturated carbocycles. The zero-order valence-corrected chi connectivity index (χ0v) is 17.7. The quantitative estimate of drug-likeness (QED) is 0.708. The van der Waals surface area contributed by atoms with Crippen LogP contribution in [0.15, 0.2) is 18.2 Å². The molecule has 7 nitrogen and oxygen atoms in total. The molecule has 0 N–H and O–H groups in total. The number of benzene rings is 1. The Bertz CT molecular complexity index is 804. The molecule has 0 radical (unpaired) electrons. The highest BCUT2D eigenvalue weighted by molar-refractivity contribution is 6.02. The van der Waals surface area contributed by atoms with Crippen LogP contribution in [0, 0.1) is 12.8 Å². The van der Waals surface area contributed by atoms with Gasteiger partial charge in [-0.1, -0.05) is 6.07 Å². The third-order valence-corrected chi connectivity index (χ3v) is 5.47. The first-order valence-corrected chi connectivity index (χ1v) is 10.3. The monoisotopic (exact) mass is 402 g/mol. The largest absolute Gasteiger partial charge is 0.476 e. The van der Waals surface area contributed by atoms with Crippen molar-refractivity contribution < 1.29 is 23.9 Å². The van der Waals surface area contributed by atoms with Gasteiger partial charge in [0, 0.05) is 26.1 Å². The highest BCUT2D eigenvalue weighted by atomic mass is 16.5. The molecule has 0 spiro atoms. The van der Waals surface area contributed by atoms with Gasteiger partial charge in [0.15, 0.2) is 5.60 Å². The topological polar surface area (TPSA) is 76.2 Å². The number of hydrogen-bond donors (Lipinski definition) is 0. The molecule has 0 bridgehead atoms. The van der Waals surface area contributed by atoms with Crippen molar-refractivity contribution in [2.75, 3.05) is 31.1 Å². The van der Waals surface area contributed by atoms with E-state index >= 15 is 0 Å². The van der Waals surface area contributed by atoms with Crippen molar-refractivity contribution >= 4 is 23.5 Å². The Morgan fingerprint density at radius 2 is 2.07 bits per heavy atom. The molecule has 158 valence electrons. The number of anilines is 1. The van der Waals surface area contributed by atoms with Crippen LogP contribution < -0.4 is 9.64 Å². The predicted octanol–water partition coefficient (Wildman–Crippen LogP) is 2.69. The second-order valence-corrected chi connectivity index (χ2v) is 8.22. The van der Waals surface area contributed by atoms with Crippen LogP contribution in [0.4, 0.5) is 5.69 Å². The molecule has 1 atom stereocenters. The lowest BCUT2D eigenvalue weighted by molar-refractivity contribution is -0.151. The van der Waals surface area contributed by atoms with Gasteiger partial charge in [-0.15, -0.1) is 0 Å². The Kier molecular flexibility index (Phi) is 6.15. The van der Waals surface area contributed by atoms with Gasteiger partial charge in [-0.3, -0.25) is 14.4 Å². The van der Waals surface area contributed by atoms with Crippen molar-refractivity contribution in [1.29, 1.82) is 0 Å². The molecule has 0 aliphatic carbocycles. The van der Waals surface area contributed by atoms with Crippen LogP contribution in [-0.4, -0.2) is 54.5 Å². The maximum atomic E-state index is 12.9. The van der Waals surface area contributed by atoms with E-state index in [-0.39, 0.29) is 36.7 Å². The zero-order valence-electron chi connectivity index (χ0n) is 17.7. The summed E-state index contributed by atoms with van der Waals surface area (Å²) in [6.07, 6.45) is 1.72. The van der Waals surface area contributed by atoms with E-state index in [0.29, 0.717) is 31.1 Å². The van der Waals surface area contributed by atoms with Crippen LogP contribution in [0.5, 0.6) is 5.75 Å². The van der Waals surface area contributed by atoms with Crippen LogP contribution in [0.25, 0.3) is 0 Å². The summed E-state index contributed by atoms with van der Waals surface area (Å²) in [6, 6.07) is 5.71. The van der Waals surface area contributed by atoms with Crippen LogP contribution in [0.3, 0.4) is 0 Å². The fourth-order valence-electron chi connectivity index (χ4n) is 3.92. The lowest BCUT2D eigenvalue weighted by atomic mass is 9.98. The average Bonchev–Trinajstić information content (AvgIpc) is 2.69. The minimum atomic E-state index is -0.981. The van der Waals surface area contributed by atoms with E-state index in [2.05, 4.69) is 0 Å². The van der Waals surface area contributed by atoms with E-state index in [9.17, 15) is 14.4 Å². The van der Waals surface area contributed by atoms with Gasteiger partial charge in [-0.2, -0.15) is 0 Å². The van der Waals surface area contributed by atoms with Gasteiger partial charge in [0.2, 0.25) is 5.91 Å². The summed E-state index contributed by atoms with van der Waals surface area (Å²) in [5.74, 6) is -0.0655. The number of aryl methyl sites for hydroxylation is 1. The summed E-state index contributed by atoms with van der Waals surface area (Å²) in [5.41, 5.74) is 0.737. The number of rotatable bonds is 5. The SMILES string of the molecule is CCOC(=O)C1CCCN(C(=O)CCN2C(=O)C(C)(C)Oc3ccc(C)cc32)C1. The normalized spacial score (nSPS) is 20.7. The van der Waals surface area contributed by atoms with Crippen molar-refractivity contribution in [2.24, 2.45) is 5.92 Å². The van der Waals surface area contributed by atoms with Crippen LogP contribution in [0.2, 0.25) is 0 Å². The van der Waals surface area contributed by atoms with Crippen molar-refractivity contribution in [1.82, 2.24) is 4.90 Å². The molecule has 1 aromatic rings. The van der Waals surface area contributed by atoms with Gasteiger partial charge in [0.1, 0.15) is 5.75 Å². The van der Waals surface area contributed by atoms with Crippen LogP contribution in [0.1, 0.15) is 45.6 Å². The van der Waals surface area contributed by atoms with Gasteiger partial charge in [0.25, 0.3) is 5.91 Å². The molecule has 1 aromatic carbocycles. The van der Waals surface area contributed by atoms with E-state index in [4.69, 9.17) is 9.47 Å². The summed E-state index contributed by atoms with van der Waals surface area (Å²) in [7, 11) is 0. The summed E-state index contributed by atoms with van der Waals surface area (Å²) in [5, 5.41) is 0. The number of fused-ring (bicyclic) bond motifs is 1. The van der Waals surface area contributed by atoms with Crippen molar-refractivity contribution in [3.63, 3.8) is 0 Å². The third kappa shape index (κ3) is 4.54. The molecule has 0 aromatic heterocycles. The molecule has 3 rings (SSSR count). The first kappa shape index (κ1) is 21.1. The molecular weight excluding hydrogens is 372 g/mol. The third-order valence-electron chi connectivity index (χ3n) is 5.47. The molecule has 2 amide bonds. The standard InChI is InChI=1S/C22H30N2O5/c1-5-28-20(26)16-7-6-11-23(14-16)19(25)10-12-24-17-13-15(2)8-9-18(17)29-22(3,4)21(24)27/h8-9,13,16H,5-7,10-12,14H2,1-4H3. The lowest BCUT2D eigenvalue weighted by Crippen LogP contribution is -2.53. The molecule has 7 heteroatoms. The molecule has 2 aliphatic rings. The number of amides is 2. The average molecular weight is 402 g/mol. The second kappa shape index (κ2) is 8.43. The first-order valence-electron chi connectivity index (χ1n) is 10.3. The number of hydrogen-bond acceptors (Lipinski definition) is 5. The Morgan fingerprint density at radius 3 is 2.79 bits per heavy atom. The van der Waals surface area contributed by atoms with E-state index < -0.39 is 5.60 Å². The Balaban J connectivity index is 1.68. The summed E-state index contributed by atoms with van der Waals surface area (Å²) in [6.45, 7) is 8.85. The molecular formula is C22H30N2O5. The smallest absolute Gasteiger partial charge is 0.310 e. The lowest BCUT2D eigenvalue weighted by Gasteiger charge is -2.39. The van der Waals surface area contributed by atoms with Crippen molar-refractivity contribution in [3.05, 3.63) is 23.8 Å². The van der Waals surface area contributed by atoms with Gasteiger partial charge in [-0.05, 0) is 58.2 Å². The van der Waals surface area contributed by atoms with Gasteiger partial charge in [-0.25, -0.2) is 0 Å². The minimum absolute atomic E-state index is 0.0506. The van der Waals surface area contributed by atoms with E-state index in [0.717, 1.165) is 18.4 Å². The maximum Gasteiger partial charge on any atom is 0.310 e. The number of piperidine rings is 1. The summed E-state index contributed by atoms with van der Waals surface area (Å²) < 4.78 is 11.0. The number of nitrogens with zero attached hydrogens (tertiary/aromatic N) is 2.